The number of amides is 3. The third kappa shape index (κ3) is 4.18. The molecule has 1 aromatic heterocycles. The molecular formula is C30H23N5O3. The van der Waals surface area contributed by atoms with Crippen molar-refractivity contribution in [2.24, 2.45) is 5.73 Å². The van der Waals surface area contributed by atoms with Crippen molar-refractivity contribution in [3.63, 3.8) is 0 Å². The summed E-state index contributed by atoms with van der Waals surface area (Å²) in [5.41, 5.74) is 9.57. The molecule has 3 amide bonds. The van der Waals surface area contributed by atoms with Crippen LogP contribution in [0.1, 0.15) is 22.3 Å². The van der Waals surface area contributed by atoms with Gasteiger partial charge in [0.25, 0.3) is 0 Å². The number of carbonyl (C=O) groups excluding carboxylic acids is 3. The number of aromatic nitrogens is 2. The molecule has 5 aromatic rings. The van der Waals surface area contributed by atoms with Crippen LogP contribution in [0.3, 0.4) is 0 Å². The quantitative estimate of drug-likeness (QED) is 0.335. The van der Waals surface area contributed by atoms with Gasteiger partial charge in [0.15, 0.2) is 0 Å². The molecule has 0 saturated carbocycles. The standard InChI is InChI=1S/C30H23N5O3/c31-29(38)22-6-3-4-19(16-22)18-34-15-14-32-30(34)21-8-11-23(12-9-21)35-25-13-10-20-5-1-2-7-24(20)28(25)33-26(36)17-27(35)37/h1-16H,17-18H2,(H2,31,38)(H,33,36). The summed E-state index contributed by atoms with van der Waals surface area (Å²) in [7, 11) is 0. The highest BCUT2D eigenvalue weighted by Crippen LogP contribution is 2.40. The summed E-state index contributed by atoms with van der Waals surface area (Å²) < 4.78 is 1.98. The topological polar surface area (TPSA) is 110 Å². The van der Waals surface area contributed by atoms with Gasteiger partial charge in [-0.15, -0.1) is 0 Å². The molecule has 0 bridgehead atoms. The van der Waals surface area contributed by atoms with Gasteiger partial charge in [-0.2, -0.15) is 0 Å². The van der Waals surface area contributed by atoms with Crippen LogP contribution < -0.4 is 16.0 Å². The fourth-order valence-corrected chi connectivity index (χ4v) is 4.87. The predicted octanol–water partition coefficient (Wildman–Crippen LogP) is 4.86. The number of primary amides is 1. The summed E-state index contributed by atoms with van der Waals surface area (Å²) in [4.78, 5) is 43.4. The molecule has 0 unspecified atom stereocenters. The SMILES string of the molecule is NC(=O)c1cccc(Cn2ccnc2-c2ccc(N3C(=O)CC(=O)Nc4c3ccc3ccccc43)cc2)c1. The van der Waals surface area contributed by atoms with Gasteiger partial charge >= 0.3 is 0 Å². The van der Waals surface area contributed by atoms with Crippen LogP contribution in [-0.4, -0.2) is 27.3 Å². The van der Waals surface area contributed by atoms with E-state index in [1.165, 1.54) is 0 Å². The summed E-state index contributed by atoms with van der Waals surface area (Å²) in [6, 6.07) is 26.3. The normalized spacial score (nSPS) is 13.2. The van der Waals surface area contributed by atoms with Crippen LogP contribution in [0.2, 0.25) is 0 Å². The van der Waals surface area contributed by atoms with Gasteiger partial charge in [-0.25, -0.2) is 4.98 Å². The van der Waals surface area contributed by atoms with E-state index in [4.69, 9.17) is 5.73 Å². The molecule has 4 aromatic carbocycles. The van der Waals surface area contributed by atoms with Crippen LogP contribution in [0.4, 0.5) is 17.1 Å². The average molecular weight is 502 g/mol. The minimum Gasteiger partial charge on any atom is -0.366 e. The molecule has 8 nitrogen and oxygen atoms in total. The number of anilines is 3. The molecule has 186 valence electrons. The van der Waals surface area contributed by atoms with Crippen molar-refractivity contribution in [2.45, 2.75) is 13.0 Å². The first kappa shape index (κ1) is 23.2. The Morgan fingerprint density at radius 1 is 0.947 bits per heavy atom. The highest BCUT2D eigenvalue weighted by atomic mass is 16.2. The van der Waals surface area contributed by atoms with Crippen molar-refractivity contribution in [1.29, 1.82) is 0 Å². The molecule has 0 atom stereocenters. The highest BCUT2D eigenvalue weighted by molar-refractivity contribution is 6.21. The van der Waals surface area contributed by atoms with Gasteiger partial charge in [0.1, 0.15) is 12.2 Å². The molecule has 2 heterocycles. The highest BCUT2D eigenvalue weighted by Gasteiger charge is 2.28. The number of carbonyl (C=O) groups is 3. The predicted molar refractivity (Wildman–Crippen MR) is 146 cm³/mol. The number of imidazole rings is 1. The molecule has 0 spiro atoms. The Morgan fingerprint density at radius 3 is 2.58 bits per heavy atom. The zero-order valence-electron chi connectivity index (χ0n) is 20.3. The lowest BCUT2D eigenvalue weighted by Gasteiger charge is -2.23. The Labute approximate surface area is 218 Å². The zero-order chi connectivity index (χ0) is 26.2. The maximum Gasteiger partial charge on any atom is 0.248 e. The first-order valence-electron chi connectivity index (χ1n) is 12.1. The van der Waals surface area contributed by atoms with Crippen LogP contribution in [0.25, 0.3) is 22.2 Å². The number of hydrogen-bond donors (Lipinski definition) is 2. The number of fused-ring (bicyclic) bond motifs is 3. The maximum absolute atomic E-state index is 13.2. The molecule has 1 aliphatic rings. The largest absolute Gasteiger partial charge is 0.366 e. The Bertz CT molecular complexity index is 1720. The number of benzene rings is 4. The van der Waals surface area contributed by atoms with E-state index in [-0.39, 0.29) is 18.2 Å². The van der Waals surface area contributed by atoms with Gasteiger partial charge in [-0.1, -0.05) is 42.5 Å². The minimum absolute atomic E-state index is 0.250. The number of nitrogens with one attached hydrogen (secondary N) is 1. The van der Waals surface area contributed by atoms with Crippen molar-refractivity contribution < 1.29 is 14.4 Å². The molecule has 0 saturated heterocycles. The van der Waals surface area contributed by atoms with Gasteiger partial charge in [0.2, 0.25) is 17.7 Å². The second-order valence-electron chi connectivity index (χ2n) is 9.13. The van der Waals surface area contributed by atoms with E-state index in [9.17, 15) is 14.4 Å². The molecule has 38 heavy (non-hydrogen) atoms. The van der Waals surface area contributed by atoms with Gasteiger partial charge in [0.05, 0.1) is 11.4 Å². The molecule has 0 radical (unpaired) electrons. The minimum atomic E-state index is -0.470. The third-order valence-corrected chi connectivity index (χ3v) is 6.64. The Balaban J connectivity index is 1.35. The summed E-state index contributed by atoms with van der Waals surface area (Å²) in [5.74, 6) is -0.372. The van der Waals surface area contributed by atoms with Gasteiger partial charge in [-0.05, 0) is 53.4 Å². The Morgan fingerprint density at radius 2 is 1.76 bits per heavy atom. The fraction of sp³-hybridized carbons (Fsp3) is 0.0667. The van der Waals surface area contributed by atoms with Crippen molar-refractivity contribution >= 4 is 45.6 Å². The van der Waals surface area contributed by atoms with Crippen molar-refractivity contribution in [2.75, 3.05) is 10.2 Å². The van der Waals surface area contributed by atoms with E-state index < -0.39 is 5.91 Å². The number of nitrogens with two attached hydrogens (primary N) is 1. The van der Waals surface area contributed by atoms with E-state index in [0.717, 1.165) is 27.7 Å². The lowest BCUT2D eigenvalue weighted by molar-refractivity contribution is -0.124. The number of hydrogen-bond acceptors (Lipinski definition) is 4. The Hall–Kier alpha value is -5.24. The first-order valence-corrected chi connectivity index (χ1v) is 12.1. The number of nitrogens with zero attached hydrogens (tertiary/aromatic N) is 3. The van der Waals surface area contributed by atoms with Crippen LogP contribution >= 0.6 is 0 Å². The van der Waals surface area contributed by atoms with E-state index >= 15 is 0 Å². The monoisotopic (exact) mass is 501 g/mol. The molecule has 3 N–H and O–H groups in total. The summed E-state index contributed by atoms with van der Waals surface area (Å²) in [6.07, 6.45) is 3.34. The van der Waals surface area contributed by atoms with Crippen molar-refractivity contribution in [3.05, 3.63) is 108 Å². The average Bonchev–Trinajstić information content (AvgIpc) is 3.33. The molecule has 1 aliphatic heterocycles. The van der Waals surface area contributed by atoms with Crippen LogP contribution in [0.5, 0.6) is 0 Å². The lowest BCUT2D eigenvalue weighted by atomic mass is 10.1. The Kier molecular flexibility index (Phi) is 5.69. The van der Waals surface area contributed by atoms with Gasteiger partial charge in [-0.3, -0.25) is 19.3 Å². The van der Waals surface area contributed by atoms with E-state index in [2.05, 4.69) is 10.3 Å². The van der Waals surface area contributed by atoms with E-state index in [1.807, 2.05) is 77.5 Å². The van der Waals surface area contributed by atoms with Crippen molar-refractivity contribution in [3.8, 4) is 11.4 Å². The second-order valence-corrected chi connectivity index (χ2v) is 9.13. The van der Waals surface area contributed by atoms with Gasteiger partial charge < -0.3 is 15.6 Å². The number of rotatable bonds is 5. The smallest absolute Gasteiger partial charge is 0.248 e. The summed E-state index contributed by atoms with van der Waals surface area (Å²) in [5, 5.41) is 4.78. The van der Waals surface area contributed by atoms with E-state index in [1.54, 1.807) is 29.3 Å². The first-order chi connectivity index (χ1) is 18.5. The summed E-state index contributed by atoms with van der Waals surface area (Å²) in [6.45, 7) is 0.511. The van der Waals surface area contributed by atoms with Crippen LogP contribution in [-0.2, 0) is 16.1 Å². The molecule has 0 fully saturated rings. The lowest BCUT2D eigenvalue weighted by Crippen LogP contribution is -2.26. The molecule has 8 heteroatoms. The van der Waals surface area contributed by atoms with E-state index in [0.29, 0.717) is 29.2 Å². The molecule has 0 aliphatic carbocycles. The maximum atomic E-state index is 13.2. The zero-order valence-corrected chi connectivity index (χ0v) is 20.3. The molecular weight excluding hydrogens is 478 g/mol. The molecule has 6 rings (SSSR count). The van der Waals surface area contributed by atoms with Crippen LogP contribution in [0.15, 0.2) is 97.3 Å². The summed E-state index contributed by atoms with van der Waals surface area (Å²) >= 11 is 0. The fourth-order valence-electron chi connectivity index (χ4n) is 4.87. The van der Waals surface area contributed by atoms with Crippen molar-refractivity contribution in [1.82, 2.24) is 9.55 Å². The second kappa shape index (κ2) is 9.33. The van der Waals surface area contributed by atoms with Crippen LogP contribution in [0, 0.1) is 0 Å². The van der Waals surface area contributed by atoms with Gasteiger partial charge in [0, 0.05) is 41.1 Å². The third-order valence-electron chi connectivity index (χ3n) is 6.64.